The van der Waals surface area contributed by atoms with Gasteiger partial charge in [-0.3, -0.25) is 4.79 Å². The van der Waals surface area contributed by atoms with Gasteiger partial charge in [-0.15, -0.1) is 0 Å². The number of carbonyl (C=O) groups excluding carboxylic acids is 1. The fourth-order valence-electron chi connectivity index (χ4n) is 4.45. The number of hydrogen-bond acceptors (Lipinski definition) is 6. The van der Waals surface area contributed by atoms with Crippen LogP contribution in [0.25, 0.3) is 0 Å². The van der Waals surface area contributed by atoms with Gasteiger partial charge in [0.25, 0.3) is 0 Å². The third-order valence-corrected chi connectivity index (χ3v) is 6.07. The molecule has 1 atom stereocenters. The van der Waals surface area contributed by atoms with Crippen molar-refractivity contribution in [2.24, 2.45) is 0 Å². The molecular weight excluding hydrogens is 344 g/mol. The van der Waals surface area contributed by atoms with Gasteiger partial charge in [-0.05, 0) is 31.7 Å². The van der Waals surface area contributed by atoms with Crippen LogP contribution in [0.5, 0.6) is 0 Å². The molecule has 4 rings (SSSR count). The van der Waals surface area contributed by atoms with Crippen molar-refractivity contribution in [1.82, 2.24) is 14.9 Å². The molecule has 27 heavy (non-hydrogen) atoms. The standard InChI is InChI=1S/C20H30N4O3/c25-18(14-20(26)7-2-1-3-8-20)24-12-13-27-17(15-24)16-6-9-21-19(22-16)23-10-4-5-11-23/h6,9,17,26H,1-5,7-8,10-15H2. The number of nitrogens with zero attached hydrogens (tertiary/aromatic N) is 4. The highest BCUT2D eigenvalue weighted by Crippen LogP contribution is 2.32. The van der Waals surface area contributed by atoms with E-state index in [1.165, 1.54) is 12.8 Å². The van der Waals surface area contributed by atoms with Gasteiger partial charge in [-0.1, -0.05) is 19.3 Å². The maximum absolute atomic E-state index is 12.8. The first kappa shape index (κ1) is 18.6. The Morgan fingerprint density at radius 1 is 1.19 bits per heavy atom. The minimum absolute atomic E-state index is 0.0292. The average Bonchev–Trinajstić information content (AvgIpc) is 3.23. The molecule has 1 amide bonds. The maximum Gasteiger partial charge on any atom is 0.225 e. The summed E-state index contributed by atoms with van der Waals surface area (Å²) in [7, 11) is 0. The SMILES string of the molecule is O=C(CC1(O)CCCCC1)N1CCOC(c2ccnc(N3CCCC3)n2)C1. The Labute approximate surface area is 160 Å². The van der Waals surface area contributed by atoms with Crippen LogP contribution in [0.1, 0.15) is 63.2 Å². The summed E-state index contributed by atoms with van der Waals surface area (Å²) in [5.74, 6) is 0.787. The lowest BCUT2D eigenvalue weighted by Gasteiger charge is -2.37. The highest BCUT2D eigenvalue weighted by atomic mass is 16.5. The minimum Gasteiger partial charge on any atom is -0.389 e. The number of aliphatic hydroxyl groups is 1. The van der Waals surface area contributed by atoms with E-state index < -0.39 is 5.60 Å². The number of anilines is 1. The molecule has 3 aliphatic rings. The topological polar surface area (TPSA) is 78.8 Å². The molecule has 1 aromatic heterocycles. The lowest BCUT2D eigenvalue weighted by Crippen LogP contribution is -2.46. The fraction of sp³-hybridized carbons (Fsp3) is 0.750. The minimum atomic E-state index is -0.818. The molecule has 7 nitrogen and oxygen atoms in total. The van der Waals surface area contributed by atoms with Crippen LogP contribution in [-0.4, -0.2) is 64.3 Å². The second-order valence-electron chi connectivity index (χ2n) is 8.14. The van der Waals surface area contributed by atoms with Crippen LogP contribution in [0.15, 0.2) is 12.3 Å². The van der Waals surface area contributed by atoms with E-state index in [1.54, 1.807) is 6.20 Å². The monoisotopic (exact) mass is 374 g/mol. The molecule has 3 fully saturated rings. The summed E-state index contributed by atoms with van der Waals surface area (Å²) >= 11 is 0. The van der Waals surface area contributed by atoms with Crippen molar-refractivity contribution in [2.75, 3.05) is 37.7 Å². The van der Waals surface area contributed by atoms with Crippen LogP contribution in [-0.2, 0) is 9.53 Å². The predicted molar refractivity (Wildman–Crippen MR) is 101 cm³/mol. The third kappa shape index (κ3) is 4.41. The average molecular weight is 374 g/mol. The Morgan fingerprint density at radius 2 is 1.96 bits per heavy atom. The number of amides is 1. The first-order chi connectivity index (χ1) is 13.1. The molecule has 3 heterocycles. The summed E-state index contributed by atoms with van der Waals surface area (Å²) in [6, 6.07) is 1.88. The summed E-state index contributed by atoms with van der Waals surface area (Å²) in [5.41, 5.74) is 0.0156. The van der Waals surface area contributed by atoms with Crippen molar-refractivity contribution < 1.29 is 14.6 Å². The molecular formula is C20H30N4O3. The van der Waals surface area contributed by atoms with Crippen molar-refractivity contribution in [3.05, 3.63) is 18.0 Å². The van der Waals surface area contributed by atoms with Crippen molar-refractivity contribution in [3.63, 3.8) is 0 Å². The van der Waals surface area contributed by atoms with E-state index >= 15 is 0 Å². The van der Waals surface area contributed by atoms with E-state index in [-0.39, 0.29) is 18.4 Å². The maximum atomic E-state index is 12.8. The Morgan fingerprint density at radius 3 is 2.74 bits per heavy atom. The molecule has 1 saturated carbocycles. The summed E-state index contributed by atoms with van der Waals surface area (Å²) < 4.78 is 5.91. The predicted octanol–water partition coefficient (Wildman–Crippen LogP) is 2.06. The number of rotatable bonds is 4. The van der Waals surface area contributed by atoms with E-state index in [2.05, 4.69) is 9.88 Å². The zero-order chi connectivity index (χ0) is 18.7. The first-order valence-electron chi connectivity index (χ1n) is 10.3. The Bertz CT molecular complexity index is 656. The number of aromatic nitrogens is 2. The molecule has 1 aromatic rings. The van der Waals surface area contributed by atoms with Gasteiger partial charge in [-0.25, -0.2) is 9.97 Å². The number of hydrogen-bond donors (Lipinski definition) is 1. The molecule has 0 radical (unpaired) electrons. The van der Waals surface area contributed by atoms with Crippen LogP contribution >= 0.6 is 0 Å². The molecule has 2 aliphatic heterocycles. The zero-order valence-corrected chi connectivity index (χ0v) is 16.0. The van der Waals surface area contributed by atoms with E-state index in [1.807, 2.05) is 11.0 Å². The highest BCUT2D eigenvalue weighted by Gasteiger charge is 2.35. The van der Waals surface area contributed by atoms with Crippen molar-refractivity contribution in [2.45, 2.75) is 63.1 Å². The molecule has 1 N–H and O–H groups in total. The molecule has 0 aromatic carbocycles. The number of carbonyl (C=O) groups is 1. The molecule has 1 aliphatic carbocycles. The second-order valence-corrected chi connectivity index (χ2v) is 8.14. The second kappa shape index (κ2) is 8.10. The van der Waals surface area contributed by atoms with E-state index in [0.717, 1.165) is 56.8 Å². The summed E-state index contributed by atoms with van der Waals surface area (Å²) in [6.07, 6.45) is 8.78. The quantitative estimate of drug-likeness (QED) is 0.869. The number of morpholine rings is 1. The highest BCUT2D eigenvalue weighted by molar-refractivity contribution is 5.77. The Balaban J connectivity index is 1.40. The lowest BCUT2D eigenvalue weighted by molar-refractivity contribution is -0.145. The summed E-state index contributed by atoms with van der Waals surface area (Å²) in [6.45, 7) is 3.56. The molecule has 148 valence electrons. The van der Waals surface area contributed by atoms with Gasteiger partial charge >= 0.3 is 0 Å². The largest absolute Gasteiger partial charge is 0.389 e. The van der Waals surface area contributed by atoms with Crippen LogP contribution in [0.2, 0.25) is 0 Å². The van der Waals surface area contributed by atoms with E-state index in [9.17, 15) is 9.90 Å². The van der Waals surface area contributed by atoms with Gasteiger partial charge in [0.15, 0.2) is 0 Å². The van der Waals surface area contributed by atoms with Gasteiger partial charge in [0.2, 0.25) is 11.9 Å². The van der Waals surface area contributed by atoms with Crippen LogP contribution in [0, 0.1) is 0 Å². The fourth-order valence-corrected chi connectivity index (χ4v) is 4.45. The van der Waals surface area contributed by atoms with Crippen LogP contribution < -0.4 is 4.90 Å². The zero-order valence-electron chi connectivity index (χ0n) is 16.0. The third-order valence-electron chi connectivity index (χ3n) is 6.07. The van der Waals surface area contributed by atoms with Crippen molar-refractivity contribution >= 4 is 11.9 Å². The van der Waals surface area contributed by atoms with Crippen molar-refractivity contribution in [3.8, 4) is 0 Å². The van der Waals surface area contributed by atoms with Gasteiger partial charge in [0, 0.05) is 25.8 Å². The van der Waals surface area contributed by atoms with Gasteiger partial charge in [0.05, 0.1) is 30.9 Å². The molecule has 1 unspecified atom stereocenters. The van der Waals surface area contributed by atoms with E-state index in [4.69, 9.17) is 9.72 Å². The molecule has 7 heteroatoms. The van der Waals surface area contributed by atoms with Crippen LogP contribution in [0.4, 0.5) is 5.95 Å². The molecule has 0 spiro atoms. The lowest BCUT2D eigenvalue weighted by atomic mass is 9.82. The van der Waals surface area contributed by atoms with Crippen LogP contribution in [0.3, 0.4) is 0 Å². The van der Waals surface area contributed by atoms with E-state index in [0.29, 0.717) is 19.7 Å². The Hall–Kier alpha value is -1.73. The summed E-state index contributed by atoms with van der Waals surface area (Å²) in [5, 5.41) is 10.7. The smallest absolute Gasteiger partial charge is 0.225 e. The number of ether oxygens (including phenoxy) is 1. The molecule has 0 bridgehead atoms. The summed E-state index contributed by atoms with van der Waals surface area (Å²) in [4.78, 5) is 25.9. The van der Waals surface area contributed by atoms with Gasteiger partial charge < -0.3 is 19.6 Å². The van der Waals surface area contributed by atoms with Crippen molar-refractivity contribution in [1.29, 1.82) is 0 Å². The molecule has 2 saturated heterocycles. The normalized spacial score (nSPS) is 25.6. The van der Waals surface area contributed by atoms with Gasteiger partial charge in [0.1, 0.15) is 6.10 Å². The Kier molecular flexibility index (Phi) is 5.59. The van der Waals surface area contributed by atoms with Gasteiger partial charge in [-0.2, -0.15) is 0 Å². The first-order valence-corrected chi connectivity index (χ1v) is 10.3.